The summed E-state index contributed by atoms with van der Waals surface area (Å²) in [5, 5.41) is 13.6. The van der Waals surface area contributed by atoms with Gasteiger partial charge in [-0.3, -0.25) is 0 Å². The molecule has 0 radical (unpaired) electrons. The van der Waals surface area contributed by atoms with Crippen molar-refractivity contribution in [2.45, 2.75) is 37.4 Å². The smallest absolute Gasteiger partial charge is 0.231 e. The average molecular weight is 535 g/mol. The lowest BCUT2D eigenvalue weighted by molar-refractivity contribution is 0.174. The maximum absolute atomic E-state index is 6.25. The summed E-state index contributed by atoms with van der Waals surface area (Å²) < 4.78 is 18.9. The van der Waals surface area contributed by atoms with Crippen LogP contribution in [-0.2, 0) is 12.3 Å². The summed E-state index contributed by atoms with van der Waals surface area (Å²) in [6.45, 7) is 4.94. The van der Waals surface area contributed by atoms with Crippen LogP contribution >= 0.6 is 46.3 Å². The van der Waals surface area contributed by atoms with Crippen LogP contribution in [0.1, 0.15) is 31.5 Å². The molecule has 2 aromatic carbocycles. The number of fused-ring (bicyclic) bond motifs is 1. The number of aromatic nitrogens is 4. The van der Waals surface area contributed by atoms with Crippen molar-refractivity contribution in [3.63, 3.8) is 0 Å². The van der Waals surface area contributed by atoms with E-state index in [1.807, 2.05) is 29.7 Å². The van der Waals surface area contributed by atoms with Crippen LogP contribution in [0.15, 0.2) is 46.9 Å². The summed E-state index contributed by atoms with van der Waals surface area (Å²) in [6, 6.07) is 11.0. The van der Waals surface area contributed by atoms with E-state index in [1.54, 1.807) is 41.3 Å². The van der Waals surface area contributed by atoms with E-state index in [-0.39, 0.29) is 12.9 Å². The summed E-state index contributed by atoms with van der Waals surface area (Å²) in [7, 11) is 0. The predicted molar refractivity (Wildman–Crippen MR) is 134 cm³/mol. The van der Waals surface area contributed by atoms with Crippen molar-refractivity contribution in [1.82, 2.24) is 19.7 Å². The van der Waals surface area contributed by atoms with Crippen LogP contribution in [-0.4, -0.2) is 26.5 Å². The summed E-state index contributed by atoms with van der Waals surface area (Å²) in [5.74, 6) is 3.43. The Morgan fingerprint density at radius 1 is 1.15 bits per heavy atom. The third kappa shape index (κ3) is 4.84. The highest BCUT2D eigenvalue weighted by Gasteiger charge is 2.20. The highest BCUT2D eigenvalue weighted by Crippen LogP contribution is 2.37. The molecule has 1 unspecified atom stereocenters. The Kier molecular flexibility index (Phi) is 6.87. The SMILES string of the molecule is CCn1c(SCc2csc(-c3ccc4c(c3)OCO4)n2)nnc1C(C)Oc1cc(Cl)ccc1Cl. The van der Waals surface area contributed by atoms with Gasteiger partial charge < -0.3 is 18.8 Å². The van der Waals surface area contributed by atoms with Crippen molar-refractivity contribution in [1.29, 1.82) is 0 Å². The number of thiazole rings is 1. The molecule has 0 saturated heterocycles. The molecule has 0 fully saturated rings. The van der Waals surface area contributed by atoms with Gasteiger partial charge in [-0.2, -0.15) is 0 Å². The predicted octanol–water partition coefficient (Wildman–Crippen LogP) is 6.89. The third-order valence-electron chi connectivity index (χ3n) is 5.14. The Labute approximate surface area is 215 Å². The highest BCUT2D eigenvalue weighted by molar-refractivity contribution is 7.98. The lowest BCUT2D eigenvalue weighted by atomic mass is 10.2. The highest BCUT2D eigenvalue weighted by atomic mass is 35.5. The van der Waals surface area contributed by atoms with Gasteiger partial charge >= 0.3 is 0 Å². The molecule has 7 nitrogen and oxygen atoms in total. The molecule has 11 heteroatoms. The van der Waals surface area contributed by atoms with Crippen LogP contribution in [0, 0.1) is 0 Å². The maximum Gasteiger partial charge on any atom is 0.231 e. The van der Waals surface area contributed by atoms with Crippen molar-refractivity contribution in [2.24, 2.45) is 0 Å². The molecule has 2 aromatic heterocycles. The molecule has 1 aliphatic heterocycles. The van der Waals surface area contributed by atoms with Gasteiger partial charge in [-0.1, -0.05) is 35.0 Å². The number of hydrogen-bond donors (Lipinski definition) is 0. The number of nitrogens with zero attached hydrogens (tertiary/aromatic N) is 4. The molecule has 5 rings (SSSR count). The molecule has 1 atom stereocenters. The van der Waals surface area contributed by atoms with Crippen LogP contribution in [0.4, 0.5) is 0 Å². The summed E-state index contributed by atoms with van der Waals surface area (Å²) in [6.07, 6.45) is -0.352. The second-order valence-electron chi connectivity index (χ2n) is 7.42. The first-order valence-electron chi connectivity index (χ1n) is 10.5. The van der Waals surface area contributed by atoms with Crippen molar-refractivity contribution >= 4 is 46.3 Å². The minimum atomic E-state index is -0.352. The Hall–Kier alpha value is -2.46. The largest absolute Gasteiger partial charge is 0.481 e. The molecule has 0 amide bonds. The molecule has 176 valence electrons. The average Bonchev–Trinajstić information content (AvgIpc) is 3.58. The lowest BCUT2D eigenvalue weighted by Gasteiger charge is -2.16. The first-order valence-corrected chi connectivity index (χ1v) is 13.2. The first kappa shape index (κ1) is 23.3. The second-order valence-corrected chi connectivity index (χ2v) is 10.1. The van der Waals surface area contributed by atoms with Gasteiger partial charge in [0.1, 0.15) is 10.8 Å². The molecule has 0 bridgehead atoms. The van der Waals surface area contributed by atoms with Gasteiger partial charge in [0.25, 0.3) is 0 Å². The van der Waals surface area contributed by atoms with Gasteiger partial charge in [-0.15, -0.1) is 21.5 Å². The molecular formula is C23H20Cl2N4O3S2. The molecule has 0 spiro atoms. The topological polar surface area (TPSA) is 71.3 Å². The fourth-order valence-corrected chi connectivity index (χ4v) is 5.64. The standard InChI is InChI=1S/C23H20Cl2N4O3S2/c1-3-29-21(13(2)32-19-9-15(24)5-6-17(19)25)27-28-23(29)34-11-16-10-33-22(26-16)14-4-7-18-20(8-14)31-12-30-18/h4-10,13H,3,11-12H2,1-2H3. The Morgan fingerprint density at radius 3 is 2.85 bits per heavy atom. The van der Waals surface area contributed by atoms with E-state index in [1.165, 1.54) is 0 Å². The second kappa shape index (κ2) is 10.0. The van der Waals surface area contributed by atoms with E-state index in [0.717, 1.165) is 38.7 Å². The lowest BCUT2D eigenvalue weighted by Crippen LogP contribution is -2.12. The number of halogens is 2. The number of benzene rings is 2. The fraction of sp³-hybridized carbons (Fsp3) is 0.261. The quantitative estimate of drug-likeness (QED) is 0.228. The van der Waals surface area contributed by atoms with Gasteiger partial charge in [-0.05, 0) is 44.2 Å². The number of rotatable bonds is 8. The monoisotopic (exact) mass is 534 g/mol. The molecular weight excluding hydrogens is 515 g/mol. The number of hydrogen-bond acceptors (Lipinski definition) is 8. The zero-order valence-electron chi connectivity index (χ0n) is 18.3. The minimum absolute atomic E-state index is 0.258. The van der Waals surface area contributed by atoms with Gasteiger partial charge in [0, 0.05) is 34.3 Å². The molecule has 4 aromatic rings. The van der Waals surface area contributed by atoms with Crippen LogP contribution in [0.2, 0.25) is 10.0 Å². The van der Waals surface area contributed by atoms with E-state index in [4.69, 9.17) is 42.4 Å². The fourth-order valence-electron chi connectivity index (χ4n) is 3.49. The van der Waals surface area contributed by atoms with E-state index in [0.29, 0.717) is 28.1 Å². The molecule has 0 saturated carbocycles. The Balaban J connectivity index is 1.27. The first-order chi connectivity index (χ1) is 16.5. The Morgan fingerprint density at radius 2 is 2.00 bits per heavy atom. The Bertz CT molecular complexity index is 1330. The van der Waals surface area contributed by atoms with Crippen molar-refractivity contribution in [2.75, 3.05) is 6.79 Å². The number of ether oxygens (including phenoxy) is 3. The zero-order chi connectivity index (χ0) is 23.7. The van der Waals surface area contributed by atoms with E-state index in [2.05, 4.69) is 22.5 Å². The van der Waals surface area contributed by atoms with Crippen LogP contribution in [0.3, 0.4) is 0 Å². The minimum Gasteiger partial charge on any atom is -0.481 e. The molecule has 0 N–H and O–H groups in total. The van der Waals surface area contributed by atoms with Crippen LogP contribution in [0.25, 0.3) is 10.6 Å². The van der Waals surface area contributed by atoms with Crippen molar-refractivity contribution in [3.8, 4) is 27.8 Å². The van der Waals surface area contributed by atoms with E-state index < -0.39 is 0 Å². The van der Waals surface area contributed by atoms with Gasteiger partial charge in [0.15, 0.2) is 28.6 Å². The molecule has 1 aliphatic rings. The van der Waals surface area contributed by atoms with Crippen LogP contribution < -0.4 is 14.2 Å². The van der Waals surface area contributed by atoms with Crippen molar-refractivity contribution < 1.29 is 14.2 Å². The summed E-state index contributed by atoms with van der Waals surface area (Å²) in [4.78, 5) is 4.78. The zero-order valence-corrected chi connectivity index (χ0v) is 21.5. The normalized spacial score (nSPS) is 13.3. The molecule has 34 heavy (non-hydrogen) atoms. The molecule has 3 heterocycles. The number of thioether (sulfide) groups is 1. The van der Waals surface area contributed by atoms with Gasteiger partial charge in [0.2, 0.25) is 6.79 Å². The van der Waals surface area contributed by atoms with E-state index in [9.17, 15) is 0 Å². The molecule has 0 aliphatic carbocycles. The summed E-state index contributed by atoms with van der Waals surface area (Å²) in [5.41, 5.74) is 1.99. The van der Waals surface area contributed by atoms with Gasteiger partial charge in [-0.25, -0.2) is 4.98 Å². The van der Waals surface area contributed by atoms with Gasteiger partial charge in [0.05, 0.1) is 10.7 Å². The third-order valence-corrected chi connectivity index (χ3v) is 7.63. The maximum atomic E-state index is 6.25. The van der Waals surface area contributed by atoms with Crippen molar-refractivity contribution in [3.05, 3.63) is 63.3 Å². The summed E-state index contributed by atoms with van der Waals surface area (Å²) >= 11 is 15.5. The van der Waals surface area contributed by atoms with E-state index >= 15 is 0 Å². The van der Waals surface area contributed by atoms with Crippen LogP contribution in [0.5, 0.6) is 17.2 Å².